The lowest BCUT2D eigenvalue weighted by Crippen LogP contribution is -2.15. The Hall–Kier alpha value is -0.180. The van der Waals surface area contributed by atoms with E-state index in [4.69, 9.17) is 13.8 Å². The van der Waals surface area contributed by atoms with Gasteiger partial charge in [-0.05, 0) is 6.42 Å². The van der Waals surface area contributed by atoms with Crippen molar-refractivity contribution in [2.75, 3.05) is 26.5 Å². The first-order chi connectivity index (χ1) is 13.8. The monoisotopic (exact) mass is 416 g/mol. The summed E-state index contributed by atoms with van der Waals surface area (Å²) in [5.41, 5.74) is 0. The maximum atomic E-state index is 11.8. The summed E-state index contributed by atoms with van der Waals surface area (Å²) >= 11 is 0. The Bertz CT molecular complexity index is 365. The lowest BCUT2D eigenvalue weighted by Gasteiger charge is -2.09. The predicted molar refractivity (Wildman–Crippen MR) is 119 cm³/mol. The van der Waals surface area contributed by atoms with E-state index in [1.165, 1.54) is 83.5 Å². The van der Waals surface area contributed by atoms with Gasteiger partial charge in [0.05, 0.1) is 13.2 Å². The van der Waals surface area contributed by atoms with E-state index in [2.05, 4.69) is 6.92 Å². The summed E-state index contributed by atoms with van der Waals surface area (Å²) in [5, 5.41) is 0. The van der Waals surface area contributed by atoms with E-state index in [-0.39, 0.29) is 5.97 Å². The number of hydrogen-bond acceptors (Lipinski definition) is 4. The van der Waals surface area contributed by atoms with Crippen LogP contribution in [0.4, 0.5) is 0 Å². The van der Waals surface area contributed by atoms with Crippen LogP contribution in [0.25, 0.3) is 0 Å². The van der Waals surface area contributed by atoms with Crippen molar-refractivity contribution in [1.29, 1.82) is 0 Å². The molecule has 0 aromatic heterocycles. The van der Waals surface area contributed by atoms with Crippen molar-refractivity contribution in [3.05, 3.63) is 0 Å². The molecule has 0 N–H and O–H groups in total. The highest BCUT2D eigenvalue weighted by atomic mass is 31.2. The molecule has 0 aromatic carbocycles. The minimum atomic E-state index is -0.734. The summed E-state index contributed by atoms with van der Waals surface area (Å²) in [7, 11) is 0.943. The average Bonchev–Trinajstić information content (AvgIpc) is 3.17. The highest BCUT2D eigenvalue weighted by molar-refractivity contribution is 7.47. The third kappa shape index (κ3) is 14.8. The van der Waals surface area contributed by atoms with Gasteiger partial charge >= 0.3 is 5.97 Å². The number of hydrogen-bond donors (Lipinski definition) is 0. The molecule has 0 radical (unpaired) electrons. The standard InChI is InChI=1S/C23H45O4P/c1-3-4-5-6-7-8-9-10-11-12-13-14-15-16-17-18-23(24)26-19-22-20-27-28(21-22)25-2/h22H,3-21H2,1-2H3. The number of ether oxygens (including phenoxy) is 1. The average molecular weight is 417 g/mol. The molecule has 0 aromatic rings. The van der Waals surface area contributed by atoms with Gasteiger partial charge in [-0.15, -0.1) is 0 Å². The highest BCUT2D eigenvalue weighted by Gasteiger charge is 2.27. The van der Waals surface area contributed by atoms with Gasteiger partial charge in [0.25, 0.3) is 0 Å². The number of rotatable bonds is 19. The van der Waals surface area contributed by atoms with E-state index in [1.54, 1.807) is 7.11 Å². The van der Waals surface area contributed by atoms with Crippen LogP contribution in [0.1, 0.15) is 110 Å². The smallest absolute Gasteiger partial charge is 0.305 e. The molecule has 1 heterocycles. The lowest BCUT2D eigenvalue weighted by atomic mass is 10.0. The molecule has 0 aliphatic carbocycles. The quantitative estimate of drug-likeness (QED) is 0.125. The molecule has 0 saturated carbocycles. The molecule has 2 atom stereocenters. The molecular weight excluding hydrogens is 371 g/mol. The predicted octanol–water partition coefficient (Wildman–Crippen LogP) is 7.40. The molecule has 2 unspecified atom stereocenters. The van der Waals surface area contributed by atoms with Crippen molar-refractivity contribution < 1.29 is 18.6 Å². The van der Waals surface area contributed by atoms with Gasteiger partial charge in [0.15, 0.2) is 8.38 Å². The van der Waals surface area contributed by atoms with Gasteiger partial charge in [-0.1, -0.05) is 96.8 Å². The second kappa shape index (κ2) is 18.8. The summed E-state index contributed by atoms with van der Waals surface area (Å²) in [6.07, 6.45) is 21.6. The highest BCUT2D eigenvalue weighted by Crippen LogP contribution is 2.45. The minimum Gasteiger partial charge on any atom is -0.465 e. The molecule has 28 heavy (non-hydrogen) atoms. The molecule has 0 amide bonds. The molecule has 1 saturated heterocycles. The maximum Gasteiger partial charge on any atom is 0.305 e. The summed E-state index contributed by atoms with van der Waals surface area (Å²) in [6, 6.07) is 0. The van der Waals surface area contributed by atoms with Crippen molar-refractivity contribution in [3.63, 3.8) is 0 Å². The Morgan fingerprint density at radius 1 is 0.857 bits per heavy atom. The number of esters is 1. The molecule has 1 aliphatic heterocycles. The molecule has 1 fully saturated rings. The number of unbranched alkanes of at least 4 members (excludes halogenated alkanes) is 14. The first-order valence-corrected chi connectivity index (χ1v) is 13.2. The van der Waals surface area contributed by atoms with Crippen LogP contribution in [-0.2, 0) is 18.6 Å². The van der Waals surface area contributed by atoms with E-state index in [0.717, 1.165) is 19.0 Å². The van der Waals surface area contributed by atoms with Gasteiger partial charge < -0.3 is 13.8 Å². The van der Waals surface area contributed by atoms with E-state index in [1.807, 2.05) is 0 Å². The molecule has 1 aliphatic rings. The molecule has 4 nitrogen and oxygen atoms in total. The van der Waals surface area contributed by atoms with Gasteiger partial charge in [0.2, 0.25) is 0 Å². The summed E-state index contributed by atoms with van der Waals surface area (Å²) in [4.78, 5) is 11.8. The van der Waals surface area contributed by atoms with Crippen LogP contribution in [0, 0.1) is 5.92 Å². The molecular formula is C23H45O4P. The maximum absolute atomic E-state index is 11.8. The molecule has 166 valence electrons. The Morgan fingerprint density at radius 3 is 1.82 bits per heavy atom. The molecule has 5 heteroatoms. The van der Waals surface area contributed by atoms with Crippen molar-refractivity contribution >= 4 is 14.3 Å². The van der Waals surface area contributed by atoms with Crippen LogP contribution in [-0.4, -0.2) is 32.5 Å². The zero-order valence-corrected chi connectivity index (χ0v) is 19.5. The lowest BCUT2D eigenvalue weighted by molar-refractivity contribution is -0.145. The second-order valence-corrected chi connectivity index (χ2v) is 9.90. The van der Waals surface area contributed by atoms with E-state index < -0.39 is 8.38 Å². The molecule has 0 spiro atoms. The van der Waals surface area contributed by atoms with Crippen molar-refractivity contribution in [2.45, 2.75) is 110 Å². The fourth-order valence-corrected chi connectivity index (χ4v) is 5.03. The van der Waals surface area contributed by atoms with E-state index in [9.17, 15) is 4.79 Å². The Labute approximate surface area is 175 Å². The van der Waals surface area contributed by atoms with Crippen molar-refractivity contribution in [3.8, 4) is 0 Å². The summed E-state index contributed by atoms with van der Waals surface area (Å²) in [5.74, 6) is 0.263. The van der Waals surface area contributed by atoms with Gasteiger partial charge in [0, 0.05) is 25.6 Å². The van der Waals surface area contributed by atoms with Crippen LogP contribution >= 0.6 is 8.38 Å². The largest absolute Gasteiger partial charge is 0.465 e. The third-order valence-corrected chi connectivity index (χ3v) is 7.19. The van der Waals surface area contributed by atoms with Crippen LogP contribution in [0.15, 0.2) is 0 Å². The Balaban J connectivity index is 1.75. The van der Waals surface area contributed by atoms with Crippen molar-refractivity contribution in [2.24, 2.45) is 5.92 Å². The Kier molecular flexibility index (Phi) is 17.4. The van der Waals surface area contributed by atoms with E-state index in [0.29, 0.717) is 25.6 Å². The van der Waals surface area contributed by atoms with Crippen LogP contribution < -0.4 is 0 Å². The van der Waals surface area contributed by atoms with Crippen LogP contribution in [0.3, 0.4) is 0 Å². The van der Waals surface area contributed by atoms with Crippen LogP contribution in [0.2, 0.25) is 0 Å². The van der Waals surface area contributed by atoms with Gasteiger partial charge in [-0.25, -0.2) is 0 Å². The van der Waals surface area contributed by atoms with E-state index >= 15 is 0 Å². The number of carbonyl (C=O) groups excluding carboxylic acids is 1. The van der Waals surface area contributed by atoms with Crippen LogP contribution in [0.5, 0.6) is 0 Å². The fraction of sp³-hybridized carbons (Fsp3) is 0.957. The van der Waals surface area contributed by atoms with Gasteiger partial charge in [-0.3, -0.25) is 4.79 Å². The summed E-state index contributed by atoms with van der Waals surface area (Å²) in [6.45, 7) is 3.42. The first kappa shape index (κ1) is 25.9. The normalized spacial score (nSPS) is 19.2. The van der Waals surface area contributed by atoms with Gasteiger partial charge in [-0.2, -0.15) is 0 Å². The second-order valence-electron chi connectivity index (χ2n) is 8.24. The van der Waals surface area contributed by atoms with Gasteiger partial charge in [0.1, 0.15) is 0 Å². The third-order valence-electron chi connectivity index (χ3n) is 5.53. The number of carbonyl (C=O) groups is 1. The van der Waals surface area contributed by atoms with Crippen molar-refractivity contribution in [1.82, 2.24) is 0 Å². The first-order valence-electron chi connectivity index (χ1n) is 11.9. The SMILES string of the molecule is CCCCCCCCCCCCCCCCCC(=O)OCC1COP(OC)C1. The zero-order chi connectivity index (χ0) is 20.3. The Morgan fingerprint density at radius 2 is 1.36 bits per heavy atom. The topological polar surface area (TPSA) is 44.8 Å². The minimum absolute atomic E-state index is 0.0525. The molecule has 1 rings (SSSR count). The molecule has 0 bridgehead atoms. The zero-order valence-electron chi connectivity index (χ0n) is 18.6. The fourth-order valence-electron chi connectivity index (χ4n) is 3.66. The summed E-state index contributed by atoms with van der Waals surface area (Å²) < 4.78 is 16.1.